The Morgan fingerprint density at radius 1 is 1.00 bits per heavy atom. The molecule has 3 N–H and O–H groups in total. The van der Waals surface area contributed by atoms with E-state index in [4.69, 9.17) is 0 Å². The molecule has 4 amide bonds. The average Bonchev–Trinajstić information content (AvgIpc) is 3.20. The third-order valence-corrected chi connectivity index (χ3v) is 9.52. The van der Waals surface area contributed by atoms with Gasteiger partial charge in [0.25, 0.3) is 0 Å². The van der Waals surface area contributed by atoms with E-state index in [0.29, 0.717) is 38.8 Å². The molecule has 2 aromatic rings. The maximum atomic E-state index is 13.9. The first-order valence-corrected chi connectivity index (χ1v) is 15.3. The van der Waals surface area contributed by atoms with Crippen molar-refractivity contribution in [3.63, 3.8) is 0 Å². The lowest BCUT2D eigenvalue weighted by Crippen LogP contribution is -2.60. The summed E-state index contributed by atoms with van der Waals surface area (Å²) < 4.78 is 0. The van der Waals surface area contributed by atoms with Gasteiger partial charge in [0.1, 0.15) is 6.04 Å². The molecule has 3 heterocycles. The first kappa shape index (κ1) is 29.1. The van der Waals surface area contributed by atoms with Crippen molar-refractivity contribution in [2.24, 2.45) is 0 Å². The van der Waals surface area contributed by atoms with Gasteiger partial charge in [0.05, 0.1) is 5.41 Å². The van der Waals surface area contributed by atoms with Crippen molar-refractivity contribution < 1.29 is 14.4 Å². The molecule has 0 bridgehead atoms. The Morgan fingerprint density at radius 3 is 2.34 bits per heavy atom. The second-order valence-corrected chi connectivity index (χ2v) is 12.4. The van der Waals surface area contributed by atoms with Gasteiger partial charge in [-0.05, 0) is 89.1 Å². The molecule has 2 saturated heterocycles. The number of para-hydroxylation sites is 1. The summed E-state index contributed by atoms with van der Waals surface area (Å²) in [6.07, 6.45) is 5.27. The van der Waals surface area contributed by atoms with Crippen LogP contribution in [0, 0.1) is 0 Å². The molecular weight excluding hydrogens is 514 g/mol. The normalized spacial score (nSPS) is 20.8. The lowest BCUT2D eigenvalue weighted by molar-refractivity contribution is -0.134. The first-order chi connectivity index (χ1) is 19.7. The Balaban J connectivity index is 1.25. The number of carbonyl (C=O) groups excluding carboxylic acids is 3. The molecule has 2 fully saturated rings. The molecule has 41 heavy (non-hydrogen) atoms. The zero-order valence-corrected chi connectivity index (χ0v) is 24.7. The number of rotatable bonds is 8. The van der Waals surface area contributed by atoms with Gasteiger partial charge in [0, 0.05) is 30.4 Å². The van der Waals surface area contributed by atoms with Gasteiger partial charge in [-0.2, -0.15) is 0 Å². The average molecular weight is 560 g/mol. The van der Waals surface area contributed by atoms with E-state index in [1.165, 1.54) is 0 Å². The zero-order chi connectivity index (χ0) is 29.0. The Bertz CT molecular complexity index is 1230. The number of nitrogens with zero attached hydrogens (tertiary/aromatic N) is 2. The second kappa shape index (κ2) is 12.2. The number of carbonyl (C=O) groups is 3. The minimum atomic E-state index is -0.615. The molecule has 3 aliphatic rings. The van der Waals surface area contributed by atoms with E-state index in [1.54, 1.807) is 0 Å². The molecule has 0 aliphatic carbocycles. The van der Waals surface area contributed by atoms with Gasteiger partial charge < -0.3 is 25.8 Å². The summed E-state index contributed by atoms with van der Waals surface area (Å²) in [5, 5.41) is 9.66. The zero-order valence-electron chi connectivity index (χ0n) is 24.7. The molecule has 0 unspecified atom stereocenters. The third kappa shape index (κ3) is 6.13. The number of nitrogens with one attached hydrogen (secondary N) is 3. The smallest absolute Gasteiger partial charge is 0.315 e. The van der Waals surface area contributed by atoms with Crippen LogP contribution in [0.1, 0.15) is 70.4 Å². The van der Waals surface area contributed by atoms with Gasteiger partial charge in [-0.3, -0.25) is 9.59 Å². The van der Waals surface area contributed by atoms with Crippen LogP contribution in [0.25, 0.3) is 0 Å². The van der Waals surface area contributed by atoms with Crippen molar-refractivity contribution in [2.45, 2.75) is 88.8 Å². The number of amides is 4. The van der Waals surface area contributed by atoms with E-state index in [1.807, 2.05) is 66.1 Å². The van der Waals surface area contributed by atoms with Crippen molar-refractivity contribution >= 4 is 23.5 Å². The van der Waals surface area contributed by atoms with Gasteiger partial charge >= 0.3 is 6.03 Å². The number of likely N-dealkylation sites (tertiary alicyclic amines) is 1. The van der Waals surface area contributed by atoms with Crippen LogP contribution in [0.3, 0.4) is 0 Å². The van der Waals surface area contributed by atoms with Crippen LogP contribution in [0.2, 0.25) is 0 Å². The number of hydrogen-bond acceptors (Lipinski definition) is 4. The second-order valence-electron chi connectivity index (χ2n) is 12.4. The highest BCUT2D eigenvalue weighted by atomic mass is 16.2. The van der Waals surface area contributed by atoms with Crippen LogP contribution in [0.5, 0.6) is 0 Å². The monoisotopic (exact) mass is 559 g/mol. The highest BCUT2D eigenvalue weighted by Gasteiger charge is 2.47. The fraction of sp³-hybridized carbons (Fsp3) is 0.545. The molecule has 0 spiro atoms. The Kier molecular flexibility index (Phi) is 8.68. The molecule has 0 aromatic heterocycles. The molecule has 220 valence electrons. The van der Waals surface area contributed by atoms with Gasteiger partial charge in [-0.1, -0.05) is 55.5 Å². The lowest BCUT2D eigenvalue weighted by atomic mass is 9.86. The Hall–Kier alpha value is -3.39. The van der Waals surface area contributed by atoms with E-state index in [2.05, 4.69) is 35.0 Å². The fourth-order valence-corrected chi connectivity index (χ4v) is 6.79. The molecular formula is C33H45N5O3. The number of benzene rings is 2. The van der Waals surface area contributed by atoms with Crippen LogP contribution in [0.4, 0.5) is 10.5 Å². The van der Waals surface area contributed by atoms with E-state index in [0.717, 1.165) is 49.2 Å². The number of piperidine rings is 2. The summed E-state index contributed by atoms with van der Waals surface area (Å²) in [5.74, 6) is 0.0872. The quantitative estimate of drug-likeness (QED) is 0.453. The standard InChI is InChI=1S/C33H45N5O3/c1-4-33(18-20-34-21-19-33)36-31(41)35-27(15-14-24-10-6-5-7-11-24)29(39)37-22-16-25(17-23-37)38-28-13-9-8-12-26(28)32(2,3)30(38)40/h5-13,25,27,34H,4,14-23H2,1-3H3,(H2,35,36,41)/t27-/m0/s1. The fourth-order valence-electron chi connectivity index (χ4n) is 6.79. The third-order valence-electron chi connectivity index (χ3n) is 9.52. The summed E-state index contributed by atoms with van der Waals surface area (Å²) in [6.45, 7) is 8.97. The lowest BCUT2D eigenvalue weighted by Gasteiger charge is -2.40. The Labute approximate surface area is 244 Å². The summed E-state index contributed by atoms with van der Waals surface area (Å²) in [4.78, 5) is 44.4. The molecule has 2 aromatic carbocycles. The van der Waals surface area contributed by atoms with Crippen molar-refractivity contribution in [1.82, 2.24) is 20.9 Å². The highest BCUT2D eigenvalue weighted by molar-refractivity contribution is 6.08. The molecule has 1 atom stereocenters. The van der Waals surface area contributed by atoms with Crippen LogP contribution in [-0.2, 0) is 21.4 Å². The first-order valence-electron chi connectivity index (χ1n) is 15.3. The highest BCUT2D eigenvalue weighted by Crippen LogP contribution is 2.43. The summed E-state index contributed by atoms with van der Waals surface area (Å²) in [7, 11) is 0. The topological polar surface area (TPSA) is 93.8 Å². The molecule has 5 rings (SSSR count). The molecule has 0 radical (unpaired) electrons. The summed E-state index contributed by atoms with van der Waals surface area (Å²) in [6, 6.07) is 17.3. The molecule has 0 saturated carbocycles. The number of urea groups is 1. The number of aryl methyl sites for hydroxylation is 1. The molecule has 3 aliphatic heterocycles. The van der Waals surface area contributed by atoms with Crippen LogP contribution in [0.15, 0.2) is 54.6 Å². The number of fused-ring (bicyclic) bond motifs is 1. The maximum absolute atomic E-state index is 13.9. The van der Waals surface area contributed by atoms with E-state index >= 15 is 0 Å². The van der Waals surface area contributed by atoms with Crippen LogP contribution >= 0.6 is 0 Å². The van der Waals surface area contributed by atoms with Crippen LogP contribution in [-0.4, -0.2) is 66.5 Å². The van der Waals surface area contributed by atoms with Gasteiger partial charge in [0.15, 0.2) is 0 Å². The Morgan fingerprint density at radius 2 is 1.66 bits per heavy atom. The predicted octanol–water partition coefficient (Wildman–Crippen LogP) is 4.13. The minimum Gasteiger partial charge on any atom is -0.341 e. The van der Waals surface area contributed by atoms with Crippen molar-refractivity contribution in [3.05, 3.63) is 65.7 Å². The maximum Gasteiger partial charge on any atom is 0.315 e. The predicted molar refractivity (Wildman–Crippen MR) is 162 cm³/mol. The SMILES string of the molecule is CCC1(NC(=O)N[C@@H](CCc2ccccc2)C(=O)N2CCC(N3C(=O)C(C)(C)c4ccccc43)CC2)CCNCC1. The molecule has 8 heteroatoms. The van der Waals surface area contributed by atoms with Gasteiger partial charge in [-0.15, -0.1) is 0 Å². The summed E-state index contributed by atoms with van der Waals surface area (Å²) >= 11 is 0. The largest absolute Gasteiger partial charge is 0.341 e. The van der Waals surface area contributed by atoms with Crippen molar-refractivity contribution in [1.29, 1.82) is 0 Å². The van der Waals surface area contributed by atoms with E-state index in [-0.39, 0.29) is 29.4 Å². The molecule has 8 nitrogen and oxygen atoms in total. The van der Waals surface area contributed by atoms with Crippen molar-refractivity contribution in [2.75, 3.05) is 31.1 Å². The van der Waals surface area contributed by atoms with Crippen LogP contribution < -0.4 is 20.9 Å². The van der Waals surface area contributed by atoms with E-state index in [9.17, 15) is 14.4 Å². The number of hydrogen-bond donors (Lipinski definition) is 3. The number of anilines is 1. The van der Waals surface area contributed by atoms with E-state index < -0.39 is 11.5 Å². The van der Waals surface area contributed by atoms with Gasteiger partial charge in [-0.25, -0.2) is 4.79 Å². The summed E-state index contributed by atoms with van der Waals surface area (Å²) in [5.41, 5.74) is 2.41. The van der Waals surface area contributed by atoms with Gasteiger partial charge in [0.2, 0.25) is 11.8 Å². The van der Waals surface area contributed by atoms with Crippen molar-refractivity contribution in [3.8, 4) is 0 Å². The minimum absolute atomic E-state index is 0.0427.